The van der Waals surface area contributed by atoms with Crippen LogP contribution < -0.4 is 5.73 Å². The molecule has 0 bridgehead atoms. The van der Waals surface area contributed by atoms with Gasteiger partial charge in [-0.3, -0.25) is 0 Å². The summed E-state index contributed by atoms with van der Waals surface area (Å²) in [4.78, 5) is 0. The summed E-state index contributed by atoms with van der Waals surface area (Å²) in [6.45, 7) is 9.24. The van der Waals surface area contributed by atoms with Crippen molar-refractivity contribution in [3.8, 4) is 0 Å². The van der Waals surface area contributed by atoms with Crippen molar-refractivity contribution in [2.75, 3.05) is 0 Å². The molecule has 2 N–H and O–H groups in total. The summed E-state index contributed by atoms with van der Waals surface area (Å²) >= 11 is 0. The lowest BCUT2D eigenvalue weighted by atomic mass is 9.64. The molecule has 2 aliphatic carbocycles. The molecule has 2 rings (SSSR count). The summed E-state index contributed by atoms with van der Waals surface area (Å²) in [6.07, 6.45) is 12.2. The number of hydrogen-bond donors (Lipinski definition) is 1. The van der Waals surface area contributed by atoms with E-state index >= 15 is 0 Å². The Kier molecular flexibility index (Phi) is 5.72. The summed E-state index contributed by atoms with van der Waals surface area (Å²) in [6, 6.07) is 0.378. The number of hydrogen-bond acceptors (Lipinski definition) is 1. The Balaban J connectivity index is 1.76. The van der Waals surface area contributed by atoms with Crippen molar-refractivity contribution in [2.45, 2.75) is 78.7 Å². The van der Waals surface area contributed by atoms with Gasteiger partial charge in [0.25, 0.3) is 0 Å². The molecule has 20 heavy (non-hydrogen) atoms. The zero-order valence-electron chi connectivity index (χ0n) is 14.1. The first-order valence-electron chi connectivity index (χ1n) is 8.97. The molecule has 0 saturated heterocycles. The maximum Gasteiger partial charge on any atom is 0.00105 e. The van der Waals surface area contributed by atoms with E-state index in [1.807, 2.05) is 0 Å². The highest BCUT2D eigenvalue weighted by Gasteiger charge is 2.37. The van der Waals surface area contributed by atoms with Gasteiger partial charge in [-0.05, 0) is 75.0 Å². The van der Waals surface area contributed by atoms with Gasteiger partial charge < -0.3 is 5.73 Å². The fraction of sp³-hybridized carbons (Fsp3) is 0.895. The fourth-order valence-corrected chi connectivity index (χ4v) is 4.10. The first-order chi connectivity index (χ1) is 9.52. The summed E-state index contributed by atoms with van der Waals surface area (Å²) in [7, 11) is 0. The lowest BCUT2D eigenvalue weighted by Crippen LogP contribution is -2.33. The minimum atomic E-state index is 0.378. The van der Waals surface area contributed by atoms with Crippen LogP contribution in [0.4, 0.5) is 0 Å². The molecule has 116 valence electrons. The zero-order chi connectivity index (χ0) is 14.7. The second-order valence-electron chi connectivity index (χ2n) is 7.79. The van der Waals surface area contributed by atoms with E-state index in [2.05, 4.69) is 33.8 Å². The Hall–Kier alpha value is -0.300. The Bertz CT molecular complexity index is 329. The van der Waals surface area contributed by atoms with Crippen LogP contribution in [0.1, 0.15) is 72.6 Å². The van der Waals surface area contributed by atoms with E-state index in [1.165, 1.54) is 44.9 Å². The summed E-state index contributed by atoms with van der Waals surface area (Å²) in [5.41, 5.74) is 7.69. The minimum Gasteiger partial charge on any atom is -0.328 e. The third-order valence-corrected chi connectivity index (χ3v) is 5.86. The van der Waals surface area contributed by atoms with Crippen LogP contribution >= 0.6 is 0 Å². The van der Waals surface area contributed by atoms with Gasteiger partial charge in [-0.2, -0.15) is 0 Å². The van der Waals surface area contributed by atoms with Gasteiger partial charge in [0.2, 0.25) is 0 Å². The van der Waals surface area contributed by atoms with E-state index in [0.29, 0.717) is 6.04 Å². The van der Waals surface area contributed by atoms with E-state index in [4.69, 9.17) is 5.73 Å². The highest BCUT2D eigenvalue weighted by molar-refractivity contribution is 5.24. The maximum atomic E-state index is 5.93. The average Bonchev–Trinajstić information content (AvgIpc) is 3.12. The standard InChI is InChI=1S/C19H35N/c1-5-15(7-6-14(4)20)18-11-10-16(18)8-9-17-12-19(17)13(2)3/h9,13-16,18-19H,5-8,10-12,20H2,1-4H3. The first-order valence-corrected chi connectivity index (χ1v) is 8.97. The zero-order valence-corrected chi connectivity index (χ0v) is 14.1. The Morgan fingerprint density at radius 2 is 1.95 bits per heavy atom. The quantitative estimate of drug-likeness (QED) is 0.609. The number of allylic oxidation sites excluding steroid dienone is 2. The second-order valence-corrected chi connectivity index (χ2v) is 7.79. The lowest BCUT2D eigenvalue weighted by Gasteiger charge is -2.42. The Labute approximate surface area is 126 Å². The molecule has 1 heteroatoms. The first kappa shape index (κ1) is 16.1. The molecular weight excluding hydrogens is 242 g/mol. The minimum absolute atomic E-state index is 0.378. The highest BCUT2D eigenvalue weighted by Crippen LogP contribution is 2.48. The SMILES string of the molecule is CCC(CCC(C)N)C1CCC1CC=C1CC1C(C)C. The van der Waals surface area contributed by atoms with Crippen molar-refractivity contribution in [2.24, 2.45) is 35.3 Å². The predicted octanol–water partition coefficient (Wildman–Crippen LogP) is 5.16. The molecule has 0 aromatic rings. The van der Waals surface area contributed by atoms with E-state index in [9.17, 15) is 0 Å². The molecular formula is C19H35N. The van der Waals surface area contributed by atoms with Gasteiger partial charge in [0, 0.05) is 6.04 Å². The molecule has 0 spiro atoms. The topological polar surface area (TPSA) is 26.0 Å². The van der Waals surface area contributed by atoms with Crippen LogP contribution in [0.3, 0.4) is 0 Å². The van der Waals surface area contributed by atoms with Crippen molar-refractivity contribution < 1.29 is 0 Å². The Morgan fingerprint density at radius 1 is 1.20 bits per heavy atom. The summed E-state index contributed by atoms with van der Waals surface area (Å²) in [5, 5.41) is 0. The van der Waals surface area contributed by atoms with Crippen LogP contribution in [-0.4, -0.2) is 6.04 Å². The smallest absolute Gasteiger partial charge is 0.00105 e. The number of nitrogens with two attached hydrogens (primary N) is 1. The highest BCUT2D eigenvalue weighted by atomic mass is 14.6. The number of rotatable bonds is 8. The van der Waals surface area contributed by atoms with Crippen LogP contribution in [0.15, 0.2) is 11.6 Å². The van der Waals surface area contributed by atoms with Crippen LogP contribution in [-0.2, 0) is 0 Å². The molecule has 5 atom stereocenters. The van der Waals surface area contributed by atoms with E-state index in [1.54, 1.807) is 5.57 Å². The van der Waals surface area contributed by atoms with Gasteiger partial charge >= 0.3 is 0 Å². The van der Waals surface area contributed by atoms with E-state index in [0.717, 1.165) is 29.6 Å². The third-order valence-electron chi connectivity index (χ3n) is 5.86. The van der Waals surface area contributed by atoms with Crippen molar-refractivity contribution in [3.05, 3.63) is 11.6 Å². The van der Waals surface area contributed by atoms with Crippen LogP contribution in [0.2, 0.25) is 0 Å². The van der Waals surface area contributed by atoms with Crippen molar-refractivity contribution in [1.29, 1.82) is 0 Å². The van der Waals surface area contributed by atoms with Crippen LogP contribution in [0.25, 0.3) is 0 Å². The normalized spacial score (nSPS) is 34.1. The van der Waals surface area contributed by atoms with Crippen LogP contribution in [0.5, 0.6) is 0 Å². The van der Waals surface area contributed by atoms with Gasteiger partial charge in [0.1, 0.15) is 0 Å². The predicted molar refractivity (Wildman–Crippen MR) is 88.5 cm³/mol. The summed E-state index contributed by atoms with van der Waals surface area (Å²) in [5.74, 6) is 4.68. The largest absolute Gasteiger partial charge is 0.328 e. The van der Waals surface area contributed by atoms with Gasteiger partial charge in [0.05, 0.1) is 0 Å². The molecule has 5 unspecified atom stereocenters. The fourth-order valence-electron chi connectivity index (χ4n) is 4.10. The molecule has 0 heterocycles. The average molecular weight is 277 g/mol. The van der Waals surface area contributed by atoms with Crippen molar-refractivity contribution in [1.82, 2.24) is 0 Å². The maximum absolute atomic E-state index is 5.93. The monoisotopic (exact) mass is 277 g/mol. The molecule has 2 aliphatic rings. The van der Waals surface area contributed by atoms with Gasteiger partial charge in [-0.25, -0.2) is 0 Å². The molecule has 0 aromatic carbocycles. The van der Waals surface area contributed by atoms with Gasteiger partial charge in [0.15, 0.2) is 0 Å². The second kappa shape index (κ2) is 7.11. The molecule has 1 nitrogen and oxygen atoms in total. The molecule has 0 amide bonds. The van der Waals surface area contributed by atoms with Crippen LogP contribution in [0, 0.1) is 29.6 Å². The van der Waals surface area contributed by atoms with E-state index in [-0.39, 0.29) is 0 Å². The van der Waals surface area contributed by atoms with Crippen molar-refractivity contribution in [3.63, 3.8) is 0 Å². The lowest BCUT2D eigenvalue weighted by molar-refractivity contribution is 0.0946. The molecule has 0 aromatic heterocycles. The van der Waals surface area contributed by atoms with Gasteiger partial charge in [-0.15, -0.1) is 0 Å². The summed E-state index contributed by atoms with van der Waals surface area (Å²) < 4.78 is 0. The van der Waals surface area contributed by atoms with Crippen molar-refractivity contribution >= 4 is 0 Å². The third kappa shape index (κ3) is 4.10. The molecule has 0 aliphatic heterocycles. The Morgan fingerprint density at radius 3 is 2.40 bits per heavy atom. The van der Waals surface area contributed by atoms with Gasteiger partial charge in [-0.1, -0.05) is 38.8 Å². The molecule has 2 saturated carbocycles. The molecule has 2 fully saturated rings. The molecule has 0 radical (unpaired) electrons. The van der Waals surface area contributed by atoms with E-state index < -0.39 is 0 Å².